The lowest BCUT2D eigenvalue weighted by Crippen LogP contribution is -2.68. The van der Waals surface area contributed by atoms with Gasteiger partial charge in [0.05, 0.1) is 12.6 Å². The molecule has 2 rings (SSSR count). The Labute approximate surface area is 179 Å². The van der Waals surface area contributed by atoms with E-state index in [0.717, 1.165) is 0 Å². The molecule has 2 aliphatic heterocycles. The van der Waals surface area contributed by atoms with Crippen LogP contribution in [0.25, 0.3) is 0 Å². The molecule has 0 aromatic rings. The molecule has 2 aliphatic rings. The molecule has 0 spiro atoms. The zero-order valence-corrected chi connectivity index (χ0v) is 17.1. The Morgan fingerprint density at radius 1 is 0.938 bits per heavy atom. The highest BCUT2D eigenvalue weighted by atomic mass is 32.3. The smallest absolute Gasteiger partial charge is 0.217 e. The van der Waals surface area contributed by atoms with Gasteiger partial charge >= 0.3 is 0 Å². The van der Waals surface area contributed by atoms with Crippen molar-refractivity contribution >= 4 is 26.7 Å². The molecule has 10 atom stereocenters. The van der Waals surface area contributed by atoms with Crippen LogP contribution in [0.3, 0.4) is 0 Å². The first-order valence-corrected chi connectivity index (χ1v) is 11.2. The Kier molecular flexibility index (Phi) is 8.50. The number of aliphatic carboxylic acids is 1. The summed E-state index contributed by atoms with van der Waals surface area (Å²) >= 11 is 0. The van der Waals surface area contributed by atoms with E-state index in [-0.39, 0.29) is 0 Å². The zero-order valence-electron chi connectivity index (χ0n) is 15.4. The molecule has 2 fully saturated rings. The van der Waals surface area contributed by atoms with Crippen LogP contribution in [-0.4, -0.2) is 125 Å². The number of carboxylic acids is 1. The van der Waals surface area contributed by atoms with E-state index in [2.05, 4.69) is 4.18 Å². The Balaban J connectivity index is 2.32. The standard InChI is InChI=1S/C12H21NO17S2/c14-4-2(1-27-32(24,25)26)28-11(20)3(13-31(21,22)23)8(4)29-12-7(17)5(15)6(16)9(30-12)10(18)19/h2-9,11-17,20H,1H2,(H,18,19)(H,21,22,23)(H,24,25,26)/p-3/t2-,3-,4-,5+,6+,7-,8-,9+,11-,12-/m1/s1. The lowest BCUT2D eigenvalue weighted by molar-refractivity contribution is -0.363. The first kappa shape index (κ1) is 27.1. The molecular weight excluding hydrogens is 494 g/mol. The summed E-state index contributed by atoms with van der Waals surface area (Å²) < 4.78 is 84.8. The molecular formula is C12H18NO17S2-3. The van der Waals surface area contributed by atoms with Gasteiger partial charge in [-0.05, 0) is 0 Å². The third-order valence-corrected chi connectivity index (χ3v) is 5.43. The SMILES string of the molecule is O=C([O-])[C@H]1O[C@@H](O[C@H]2[C@H](O)[C@@H](COS(=O)(=O)[O-])O[C@@H](O)[C@@H]2NS(=O)(=O)[O-])[C@H](O)[C@@H](O)[C@@H]1O. The molecule has 188 valence electrons. The van der Waals surface area contributed by atoms with Gasteiger partial charge in [0.25, 0.3) is 0 Å². The number of ether oxygens (including phenoxy) is 3. The minimum Gasteiger partial charge on any atom is -0.735 e. The van der Waals surface area contributed by atoms with Gasteiger partial charge in [0.2, 0.25) is 10.4 Å². The van der Waals surface area contributed by atoms with Crippen LogP contribution >= 0.6 is 0 Å². The predicted octanol–water partition coefficient (Wildman–Crippen LogP) is -8.10. The molecule has 0 bridgehead atoms. The highest BCUT2D eigenvalue weighted by molar-refractivity contribution is 7.83. The molecule has 0 unspecified atom stereocenters. The van der Waals surface area contributed by atoms with E-state index >= 15 is 0 Å². The monoisotopic (exact) mass is 512 g/mol. The maximum atomic E-state index is 11.1. The molecule has 32 heavy (non-hydrogen) atoms. The van der Waals surface area contributed by atoms with Crippen molar-refractivity contribution in [3.63, 3.8) is 0 Å². The summed E-state index contributed by atoms with van der Waals surface area (Å²) in [6.07, 6.45) is -19.7. The van der Waals surface area contributed by atoms with Crippen LogP contribution in [0.2, 0.25) is 0 Å². The Morgan fingerprint density at radius 3 is 2.03 bits per heavy atom. The summed E-state index contributed by atoms with van der Waals surface area (Å²) in [5, 5.41) is 60.8. The number of aliphatic hydroxyl groups is 5. The third-order valence-electron chi connectivity index (χ3n) is 4.44. The van der Waals surface area contributed by atoms with Gasteiger partial charge < -0.3 is 58.7 Å². The lowest BCUT2D eigenvalue weighted by Gasteiger charge is -2.47. The maximum absolute atomic E-state index is 11.1. The van der Waals surface area contributed by atoms with Gasteiger partial charge in [-0.1, -0.05) is 0 Å². The van der Waals surface area contributed by atoms with E-state index < -0.39 is 94.6 Å². The van der Waals surface area contributed by atoms with Crippen molar-refractivity contribution in [1.82, 2.24) is 4.72 Å². The number of carbonyl (C=O) groups is 1. The number of hydrogen-bond donors (Lipinski definition) is 6. The minimum atomic E-state index is -5.37. The van der Waals surface area contributed by atoms with Gasteiger partial charge in [-0.15, -0.1) is 0 Å². The highest BCUT2D eigenvalue weighted by Gasteiger charge is 2.51. The fourth-order valence-corrected chi connectivity index (χ4v) is 3.87. The van der Waals surface area contributed by atoms with Crippen molar-refractivity contribution in [3.05, 3.63) is 0 Å². The number of carbonyl (C=O) groups excluding carboxylic acids is 1. The second-order valence-corrected chi connectivity index (χ2v) is 8.86. The van der Waals surface area contributed by atoms with Crippen LogP contribution in [-0.2, 0) is 43.9 Å². The van der Waals surface area contributed by atoms with Gasteiger partial charge in [-0.3, -0.25) is 4.18 Å². The molecule has 0 aromatic heterocycles. The van der Waals surface area contributed by atoms with Crippen LogP contribution in [0.4, 0.5) is 0 Å². The quantitative estimate of drug-likeness (QED) is 0.130. The van der Waals surface area contributed by atoms with Gasteiger partial charge in [-0.2, -0.15) is 0 Å². The number of hydrogen-bond acceptors (Lipinski definition) is 17. The molecule has 0 aromatic carbocycles. The zero-order chi connectivity index (χ0) is 24.6. The van der Waals surface area contributed by atoms with Crippen LogP contribution in [0.5, 0.6) is 0 Å². The molecule has 0 saturated carbocycles. The topological polar surface area (TPSA) is 305 Å². The van der Waals surface area contributed by atoms with Crippen LogP contribution in [0, 0.1) is 0 Å². The van der Waals surface area contributed by atoms with Gasteiger partial charge in [0.1, 0.15) is 48.8 Å². The molecule has 18 nitrogen and oxygen atoms in total. The van der Waals surface area contributed by atoms with Crippen molar-refractivity contribution in [1.29, 1.82) is 0 Å². The summed E-state index contributed by atoms with van der Waals surface area (Å²) in [6.45, 7) is -1.22. The summed E-state index contributed by atoms with van der Waals surface area (Å²) in [7, 11) is -10.7. The van der Waals surface area contributed by atoms with Crippen LogP contribution in [0.15, 0.2) is 0 Å². The number of carboxylic acid groups (broad SMARTS) is 1. The number of rotatable bonds is 8. The van der Waals surface area contributed by atoms with E-state index in [9.17, 15) is 61.4 Å². The Bertz CT molecular complexity index is 878. The van der Waals surface area contributed by atoms with Gasteiger partial charge in [-0.25, -0.2) is 21.6 Å². The normalized spacial score (nSPS) is 41.3. The fourth-order valence-electron chi connectivity index (χ4n) is 2.99. The second kappa shape index (κ2) is 10.0. The van der Waals surface area contributed by atoms with Gasteiger partial charge in [0, 0.05) is 0 Å². The molecule has 2 saturated heterocycles. The maximum Gasteiger partial charge on any atom is 0.217 e. The predicted molar refractivity (Wildman–Crippen MR) is 85.7 cm³/mol. The van der Waals surface area contributed by atoms with Crippen molar-refractivity contribution in [3.8, 4) is 0 Å². The summed E-state index contributed by atoms with van der Waals surface area (Å²) in [5.41, 5.74) is 0. The van der Waals surface area contributed by atoms with Crippen molar-refractivity contribution < 1.29 is 79.8 Å². The second-order valence-electron chi connectivity index (χ2n) is 6.66. The Hall–Kier alpha value is -1.11. The van der Waals surface area contributed by atoms with Crippen molar-refractivity contribution in [2.45, 2.75) is 61.3 Å². The average Bonchev–Trinajstić information content (AvgIpc) is 2.64. The van der Waals surface area contributed by atoms with Crippen molar-refractivity contribution in [2.24, 2.45) is 0 Å². The van der Waals surface area contributed by atoms with Crippen LogP contribution < -0.4 is 9.83 Å². The number of nitrogens with one attached hydrogen (secondary N) is 1. The van der Waals surface area contributed by atoms with E-state index in [1.54, 1.807) is 0 Å². The lowest BCUT2D eigenvalue weighted by atomic mass is 9.96. The largest absolute Gasteiger partial charge is 0.735 e. The van der Waals surface area contributed by atoms with Crippen LogP contribution in [0.1, 0.15) is 0 Å². The molecule has 20 heteroatoms. The molecule has 0 amide bonds. The molecule has 0 aliphatic carbocycles. The average molecular weight is 512 g/mol. The number of aliphatic hydroxyl groups excluding tert-OH is 5. The summed E-state index contributed by atoms with van der Waals surface area (Å²) in [4.78, 5) is 11.1. The van der Waals surface area contributed by atoms with E-state index in [4.69, 9.17) is 14.2 Å². The molecule has 6 N–H and O–H groups in total. The van der Waals surface area contributed by atoms with E-state index in [1.807, 2.05) is 0 Å². The fraction of sp³-hybridized carbons (Fsp3) is 0.917. The van der Waals surface area contributed by atoms with Crippen molar-refractivity contribution in [2.75, 3.05) is 6.61 Å². The highest BCUT2D eigenvalue weighted by Crippen LogP contribution is 2.29. The summed E-state index contributed by atoms with van der Waals surface area (Å²) in [5.74, 6) is -2.06. The molecule has 0 radical (unpaired) electrons. The van der Waals surface area contributed by atoms with Gasteiger partial charge in [0.15, 0.2) is 22.9 Å². The minimum absolute atomic E-state index is 1.22. The third kappa shape index (κ3) is 6.71. The molecule has 2 heterocycles. The summed E-state index contributed by atoms with van der Waals surface area (Å²) in [6, 6.07) is -2.16. The first-order valence-electron chi connectivity index (χ1n) is 8.43. The van der Waals surface area contributed by atoms with E-state index in [1.165, 1.54) is 4.72 Å². The van der Waals surface area contributed by atoms with E-state index in [0.29, 0.717) is 0 Å². The first-order chi connectivity index (χ1) is 14.5. The Morgan fingerprint density at radius 2 is 1.53 bits per heavy atom.